The van der Waals surface area contributed by atoms with Crippen molar-refractivity contribution in [3.05, 3.63) is 66.1 Å². The number of amides is 1. The summed E-state index contributed by atoms with van der Waals surface area (Å²) < 4.78 is 2.03. The zero-order valence-corrected chi connectivity index (χ0v) is 14.7. The van der Waals surface area contributed by atoms with Crippen LogP contribution >= 0.6 is 0 Å². The largest absolute Gasteiger partial charge is 0.326 e. The lowest BCUT2D eigenvalue weighted by molar-refractivity contribution is -0.114. The number of aromatic nitrogens is 3. The summed E-state index contributed by atoms with van der Waals surface area (Å²) in [6.07, 6.45) is 6.35. The Morgan fingerprint density at radius 1 is 1.15 bits per heavy atom. The summed E-state index contributed by atoms with van der Waals surface area (Å²) in [6, 6.07) is 12.1. The van der Waals surface area contributed by atoms with Gasteiger partial charge in [-0.3, -0.25) is 19.4 Å². The van der Waals surface area contributed by atoms with Crippen LogP contribution in [0.15, 0.2) is 55.0 Å². The average molecular weight is 347 g/mol. The van der Waals surface area contributed by atoms with E-state index in [9.17, 15) is 4.79 Å². The third kappa shape index (κ3) is 3.36. The number of anilines is 1. The van der Waals surface area contributed by atoms with Crippen LogP contribution in [0.1, 0.15) is 18.1 Å². The molecular weight excluding hydrogens is 326 g/mol. The summed E-state index contributed by atoms with van der Waals surface area (Å²) >= 11 is 0. The molecule has 0 aliphatic carbocycles. The monoisotopic (exact) mass is 347 g/mol. The second-order valence-electron chi connectivity index (χ2n) is 6.52. The molecule has 132 valence electrons. The number of rotatable bonds is 4. The van der Waals surface area contributed by atoms with Crippen molar-refractivity contribution in [2.24, 2.45) is 0 Å². The van der Waals surface area contributed by atoms with E-state index in [1.54, 1.807) is 19.3 Å². The molecule has 0 saturated heterocycles. The average Bonchev–Trinajstić information content (AvgIpc) is 3.10. The second-order valence-corrected chi connectivity index (χ2v) is 6.52. The van der Waals surface area contributed by atoms with Gasteiger partial charge in [0.1, 0.15) is 0 Å². The SMILES string of the molecule is CC(=O)Nc1cccc2c1CCN(Cn1nccc1-c1ccncc1)C2. The van der Waals surface area contributed by atoms with Gasteiger partial charge in [-0.2, -0.15) is 5.10 Å². The van der Waals surface area contributed by atoms with Crippen LogP contribution < -0.4 is 5.32 Å². The Kier molecular flexibility index (Phi) is 4.50. The molecule has 1 aliphatic heterocycles. The number of nitrogens with zero attached hydrogens (tertiary/aromatic N) is 4. The molecule has 2 aromatic heterocycles. The van der Waals surface area contributed by atoms with Crippen molar-refractivity contribution >= 4 is 11.6 Å². The van der Waals surface area contributed by atoms with Crippen LogP contribution in [-0.4, -0.2) is 32.1 Å². The minimum atomic E-state index is -0.0284. The van der Waals surface area contributed by atoms with Crippen LogP contribution in [0.4, 0.5) is 5.69 Å². The van der Waals surface area contributed by atoms with Crippen LogP contribution in [0, 0.1) is 0 Å². The Bertz CT molecular complexity index is 919. The third-order valence-corrected chi connectivity index (χ3v) is 4.68. The standard InChI is InChI=1S/C20H21N5O/c1-15(26)23-19-4-2-3-17-13-24(12-8-18(17)19)14-25-20(7-11-22-25)16-5-9-21-10-6-16/h2-7,9-11H,8,12-14H2,1H3,(H,23,26). The summed E-state index contributed by atoms with van der Waals surface area (Å²) in [5.74, 6) is -0.0284. The number of carbonyl (C=O) groups is 1. The summed E-state index contributed by atoms with van der Waals surface area (Å²) in [7, 11) is 0. The normalized spacial score (nSPS) is 14.0. The number of benzene rings is 1. The van der Waals surface area contributed by atoms with Crippen molar-refractivity contribution in [2.75, 3.05) is 11.9 Å². The quantitative estimate of drug-likeness (QED) is 0.788. The van der Waals surface area contributed by atoms with Crippen LogP contribution in [0.3, 0.4) is 0 Å². The highest BCUT2D eigenvalue weighted by Crippen LogP contribution is 2.27. The fourth-order valence-corrected chi connectivity index (χ4v) is 3.50. The first-order valence-electron chi connectivity index (χ1n) is 8.73. The van der Waals surface area contributed by atoms with Gasteiger partial charge in [0.15, 0.2) is 0 Å². The smallest absolute Gasteiger partial charge is 0.221 e. The fourth-order valence-electron chi connectivity index (χ4n) is 3.50. The van der Waals surface area contributed by atoms with Crippen LogP contribution in [0.5, 0.6) is 0 Å². The van der Waals surface area contributed by atoms with E-state index >= 15 is 0 Å². The van der Waals surface area contributed by atoms with E-state index in [0.717, 1.165) is 43.1 Å². The van der Waals surface area contributed by atoms with Gasteiger partial charge in [-0.25, -0.2) is 0 Å². The van der Waals surface area contributed by atoms with E-state index in [1.165, 1.54) is 11.1 Å². The highest BCUT2D eigenvalue weighted by Gasteiger charge is 2.20. The van der Waals surface area contributed by atoms with Gasteiger partial charge in [0.2, 0.25) is 5.91 Å². The molecule has 3 aromatic rings. The predicted molar refractivity (Wildman–Crippen MR) is 100 cm³/mol. The van der Waals surface area contributed by atoms with Crippen molar-refractivity contribution in [1.29, 1.82) is 0 Å². The molecule has 0 radical (unpaired) electrons. The summed E-state index contributed by atoms with van der Waals surface area (Å²) in [5.41, 5.74) is 5.65. The Morgan fingerprint density at radius 3 is 2.81 bits per heavy atom. The Balaban J connectivity index is 1.53. The lowest BCUT2D eigenvalue weighted by atomic mass is 9.98. The molecule has 3 heterocycles. The Hall–Kier alpha value is -2.99. The lowest BCUT2D eigenvalue weighted by Gasteiger charge is -2.30. The maximum absolute atomic E-state index is 11.4. The van der Waals surface area contributed by atoms with Gasteiger partial charge >= 0.3 is 0 Å². The van der Waals surface area contributed by atoms with Gasteiger partial charge in [0, 0.05) is 49.9 Å². The van der Waals surface area contributed by atoms with E-state index in [4.69, 9.17) is 0 Å². The maximum Gasteiger partial charge on any atom is 0.221 e. The minimum absolute atomic E-state index is 0.0284. The zero-order chi connectivity index (χ0) is 17.9. The molecule has 1 N–H and O–H groups in total. The highest BCUT2D eigenvalue weighted by atomic mass is 16.1. The fraction of sp³-hybridized carbons (Fsp3) is 0.250. The molecular formula is C20H21N5O. The summed E-state index contributed by atoms with van der Waals surface area (Å²) in [5, 5.41) is 7.44. The molecule has 0 spiro atoms. The number of nitrogens with one attached hydrogen (secondary N) is 1. The van der Waals surface area contributed by atoms with Gasteiger partial charge in [-0.05, 0) is 41.8 Å². The zero-order valence-electron chi connectivity index (χ0n) is 14.7. The minimum Gasteiger partial charge on any atom is -0.326 e. The molecule has 0 saturated carbocycles. The van der Waals surface area contributed by atoms with E-state index in [-0.39, 0.29) is 5.91 Å². The molecule has 1 aromatic carbocycles. The molecule has 0 fully saturated rings. The number of carbonyl (C=O) groups excluding carboxylic acids is 1. The van der Waals surface area contributed by atoms with Crippen LogP contribution in [0.25, 0.3) is 11.3 Å². The summed E-state index contributed by atoms with van der Waals surface area (Å²) in [6.45, 7) is 4.05. The molecule has 0 atom stereocenters. The van der Waals surface area contributed by atoms with Crippen molar-refractivity contribution in [2.45, 2.75) is 26.6 Å². The first-order chi connectivity index (χ1) is 12.7. The Morgan fingerprint density at radius 2 is 2.00 bits per heavy atom. The van der Waals surface area contributed by atoms with Gasteiger partial charge in [0.25, 0.3) is 0 Å². The van der Waals surface area contributed by atoms with Gasteiger partial charge in [-0.15, -0.1) is 0 Å². The van der Waals surface area contributed by atoms with Crippen LogP contribution in [-0.2, 0) is 24.4 Å². The topological polar surface area (TPSA) is 63.1 Å². The predicted octanol–water partition coefficient (Wildman–Crippen LogP) is 2.92. The van der Waals surface area contributed by atoms with Crippen molar-refractivity contribution in [1.82, 2.24) is 19.7 Å². The number of hydrogen-bond donors (Lipinski definition) is 1. The molecule has 4 rings (SSSR count). The number of fused-ring (bicyclic) bond motifs is 1. The molecule has 26 heavy (non-hydrogen) atoms. The van der Waals surface area contributed by atoms with Gasteiger partial charge in [0.05, 0.1) is 12.4 Å². The molecule has 0 unspecified atom stereocenters. The lowest BCUT2D eigenvalue weighted by Crippen LogP contribution is -2.33. The Labute approximate surface area is 152 Å². The molecule has 0 bridgehead atoms. The summed E-state index contributed by atoms with van der Waals surface area (Å²) in [4.78, 5) is 17.9. The molecule has 1 amide bonds. The maximum atomic E-state index is 11.4. The number of hydrogen-bond acceptors (Lipinski definition) is 4. The van der Waals surface area contributed by atoms with E-state index in [1.807, 2.05) is 41.2 Å². The molecule has 6 heteroatoms. The van der Waals surface area contributed by atoms with Gasteiger partial charge in [-0.1, -0.05) is 12.1 Å². The van der Waals surface area contributed by atoms with Crippen LogP contribution in [0.2, 0.25) is 0 Å². The van der Waals surface area contributed by atoms with Crippen molar-refractivity contribution < 1.29 is 4.79 Å². The van der Waals surface area contributed by atoms with Crippen molar-refractivity contribution in [3.8, 4) is 11.3 Å². The molecule has 6 nitrogen and oxygen atoms in total. The first kappa shape index (κ1) is 16.5. The van der Waals surface area contributed by atoms with Gasteiger partial charge < -0.3 is 5.32 Å². The van der Waals surface area contributed by atoms with E-state index < -0.39 is 0 Å². The van der Waals surface area contributed by atoms with Crippen molar-refractivity contribution in [3.63, 3.8) is 0 Å². The van der Waals surface area contributed by atoms with E-state index in [0.29, 0.717) is 0 Å². The molecule has 1 aliphatic rings. The second kappa shape index (κ2) is 7.09. The third-order valence-electron chi connectivity index (χ3n) is 4.68. The highest BCUT2D eigenvalue weighted by molar-refractivity contribution is 5.89. The van der Waals surface area contributed by atoms with E-state index in [2.05, 4.69) is 26.4 Å². The first-order valence-corrected chi connectivity index (χ1v) is 8.73. The number of pyridine rings is 1.